The highest BCUT2D eigenvalue weighted by molar-refractivity contribution is 5.81. The molecule has 0 radical (unpaired) electrons. The SMILES string of the molecule is CC1(C)C2CC[C@]3(C)C(C[C@@H]4O[C@@]45C4[C@]6(CC[C@](CO)(OC6=O)[C@@]4(C)O)CC[C@@]35C)[C@@]2(C)CC[C@@H]1O. The van der Waals surface area contributed by atoms with Crippen LogP contribution in [0.15, 0.2) is 0 Å². The first-order chi connectivity index (χ1) is 16.6. The van der Waals surface area contributed by atoms with Crippen molar-refractivity contribution in [3.63, 3.8) is 0 Å². The molecule has 0 aromatic carbocycles. The normalized spacial score (nSPS) is 64.2. The maximum Gasteiger partial charge on any atom is 0.313 e. The monoisotopic (exact) mass is 502 g/mol. The molecule has 8 aliphatic rings. The van der Waals surface area contributed by atoms with Crippen LogP contribution in [0.4, 0.5) is 0 Å². The molecule has 36 heavy (non-hydrogen) atoms. The van der Waals surface area contributed by atoms with Crippen LogP contribution in [0.25, 0.3) is 0 Å². The number of ether oxygens (including phenoxy) is 2. The molecule has 3 aliphatic heterocycles. The van der Waals surface area contributed by atoms with Crippen molar-refractivity contribution in [3.8, 4) is 0 Å². The van der Waals surface area contributed by atoms with Crippen molar-refractivity contribution in [2.45, 2.75) is 128 Å². The van der Waals surface area contributed by atoms with E-state index in [4.69, 9.17) is 9.47 Å². The summed E-state index contributed by atoms with van der Waals surface area (Å²) in [6.45, 7) is 13.4. The van der Waals surface area contributed by atoms with E-state index in [0.29, 0.717) is 24.7 Å². The molecule has 0 aromatic heterocycles. The van der Waals surface area contributed by atoms with Crippen molar-refractivity contribution >= 4 is 5.97 Å². The summed E-state index contributed by atoms with van der Waals surface area (Å²) in [4.78, 5) is 13.6. The van der Waals surface area contributed by atoms with Gasteiger partial charge in [0.2, 0.25) is 0 Å². The third-order valence-electron chi connectivity index (χ3n) is 14.8. The molecule has 3 unspecified atom stereocenters. The average molecular weight is 503 g/mol. The van der Waals surface area contributed by atoms with E-state index in [1.165, 1.54) is 0 Å². The summed E-state index contributed by atoms with van der Waals surface area (Å²) in [6.07, 6.45) is 7.58. The highest BCUT2D eigenvalue weighted by Gasteiger charge is 2.90. The lowest BCUT2D eigenvalue weighted by molar-refractivity contribution is -0.335. The minimum absolute atomic E-state index is 0.00822. The zero-order chi connectivity index (χ0) is 25.9. The van der Waals surface area contributed by atoms with Crippen LogP contribution in [0.1, 0.15) is 99.3 Å². The number of hydrogen-bond acceptors (Lipinski definition) is 6. The van der Waals surface area contributed by atoms with Gasteiger partial charge < -0.3 is 24.8 Å². The maximum atomic E-state index is 13.6. The second-order valence-electron chi connectivity index (χ2n) is 15.7. The molecule has 5 saturated carbocycles. The molecule has 3 saturated heterocycles. The molecule has 3 N–H and O–H groups in total. The Balaban J connectivity index is 1.36. The number of rotatable bonds is 1. The zero-order valence-corrected chi connectivity index (χ0v) is 23.0. The molecule has 202 valence electrons. The van der Waals surface area contributed by atoms with Crippen LogP contribution in [0.3, 0.4) is 0 Å². The molecule has 3 heterocycles. The fourth-order valence-electron chi connectivity index (χ4n) is 12.6. The van der Waals surface area contributed by atoms with E-state index in [2.05, 4.69) is 34.6 Å². The lowest BCUT2D eigenvalue weighted by Crippen LogP contribution is -2.82. The zero-order valence-electron chi connectivity index (χ0n) is 23.0. The number of aliphatic hydroxyl groups is 3. The van der Waals surface area contributed by atoms with Gasteiger partial charge in [-0.25, -0.2) is 0 Å². The lowest BCUT2D eigenvalue weighted by atomic mass is 9.30. The molecular weight excluding hydrogens is 456 g/mol. The van der Waals surface area contributed by atoms with E-state index in [-0.39, 0.29) is 52.4 Å². The summed E-state index contributed by atoms with van der Waals surface area (Å²) in [7, 11) is 0. The summed E-state index contributed by atoms with van der Waals surface area (Å²) in [6, 6.07) is 0. The van der Waals surface area contributed by atoms with Gasteiger partial charge in [0.25, 0.3) is 0 Å². The number of carbonyl (C=O) groups is 1. The maximum absolute atomic E-state index is 13.6. The molecule has 12 atom stereocenters. The third-order valence-corrected chi connectivity index (χ3v) is 14.8. The number of hydrogen-bond donors (Lipinski definition) is 3. The van der Waals surface area contributed by atoms with Crippen molar-refractivity contribution in [2.75, 3.05) is 6.61 Å². The van der Waals surface area contributed by atoms with E-state index < -0.39 is 22.2 Å². The Kier molecular flexibility index (Phi) is 4.31. The molecular formula is C30H46O6. The van der Waals surface area contributed by atoms with Crippen LogP contribution < -0.4 is 0 Å². The van der Waals surface area contributed by atoms with Gasteiger partial charge in [0.15, 0.2) is 5.60 Å². The van der Waals surface area contributed by atoms with E-state index in [9.17, 15) is 20.1 Å². The molecule has 0 aromatic rings. The Morgan fingerprint density at radius 2 is 1.61 bits per heavy atom. The fraction of sp³-hybridized carbons (Fsp3) is 0.967. The Hall–Kier alpha value is -0.690. The molecule has 0 amide bonds. The fourth-order valence-corrected chi connectivity index (χ4v) is 12.6. The van der Waals surface area contributed by atoms with Crippen molar-refractivity contribution in [3.05, 3.63) is 0 Å². The van der Waals surface area contributed by atoms with Gasteiger partial charge in [-0.2, -0.15) is 0 Å². The van der Waals surface area contributed by atoms with E-state index in [0.717, 1.165) is 44.9 Å². The summed E-state index contributed by atoms with van der Waals surface area (Å²) >= 11 is 0. The first kappa shape index (κ1) is 24.4. The first-order valence-electron chi connectivity index (χ1n) is 14.6. The Morgan fingerprint density at radius 3 is 2.28 bits per heavy atom. The average Bonchev–Trinajstić information content (AvgIpc) is 3.52. The molecule has 8 fully saturated rings. The van der Waals surface area contributed by atoms with Crippen molar-refractivity contribution in [1.82, 2.24) is 0 Å². The van der Waals surface area contributed by atoms with Gasteiger partial charge in [-0.3, -0.25) is 4.79 Å². The minimum Gasteiger partial charge on any atom is -0.453 e. The number of aliphatic hydroxyl groups excluding tert-OH is 2. The third kappa shape index (κ3) is 2.15. The highest BCUT2D eigenvalue weighted by atomic mass is 16.6. The summed E-state index contributed by atoms with van der Waals surface area (Å²) in [5.74, 6) is 0.352. The van der Waals surface area contributed by atoms with Crippen LogP contribution in [0, 0.1) is 44.8 Å². The topological polar surface area (TPSA) is 99.5 Å². The number of esters is 1. The summed E-state index contributed by atoms with van der Waals surface area (Å²) in [5, 5.41) is 33.6. The Morgan fingerprint density at radius 1 is 0.917 bits per heavy atom. The molecule has 5 aliphatic carbocycles. The number of carbonyl (C=O) groups excluding carboxylic acids is 1. The van der Waals surface area contributed by atoms with Crippen molar-refractivity contribution in [2.24, 2.45) is 44.8 Å². The molecule has 6 nitrogen and oxygen atoms in total. The Bertz CT molecular complexity index is 1040. The quantitative estimate of drug-likeness (QED) is 0.371. The second kappa shape index (κ2) is 6.37. The van der Waals surface area contributed by atoms with Crippen LogP contribution in [-0.2, 0) is 14.3 Å². The predicted molar refractivity (Wildman–Crippen MR) is 133 cm³/mol. The van der Waals surface area contributed by atoms with Gasteiger partial charge in [0.05, 0.1) is 24.2 Å². The molecule has 2 spiro atoms. The first-order valence-corrected chi connectivity index (χ1v) is 14.6. The molecule has 2 bridgehead atoms. The van der Waals surface area contributed by atoms with Crippen molar-refractivity contribution < 1.29 is 29.6 Å². The van der Waals surface area contributed by atoms with E-state index in [1.807, 2.05) is 6.92 Å². The van der Waals surface area contributed by atoms with Gasteiger partial charge in [0, 0.05) is 11.3 Å². The minimum atomic E-state index is -1.34. The molecule has 8 rings (SSSR count). The number of epoxide rings is 1. The van der Waals surface area contributed by atoms with Crippen LogP contribution in [0.2, 0.25) is 0 Å². The summed E-state index contributed by atoms with van der Waals surface area (Å²) in [5.41, 5.74) is -4.02. The van der Waals surface area contributed by atoms with Gasteiger partial charge in [-0.1, -0.05) is 34.6 Å². The van der Waals surface area contributed by atoms with Gasteiger partial charge in [0.1, 0.15) is 11.2 Å². The van der Waals surface area contributed by atoms with Crippen LogP contribution >= 0.6 is 0 Å². The van der Waals surface area contributed by atoms with E-state index >= 15 is 0 Å². The van der Waals surface area contributed by atoms with Crippen molar-refractivity contribution in [1.29, 1.82) is 0 Å². The van der Waals surface area contributed by atoms with Crippen LogP contribution in [0.5, 0.6) is 0 Å². The highest BCUT2D eigenvalue weighted by Crippen LogP contribution is 2.84. The smallest absolute Gasteiger partial charge is 0.313 e. The standard InChI is InChI=1S/C30H46O6/c1-23(2)17-7-10-25(4)18(24(17,3)9-8-19(23)32)15-20-30(35-20)21-27(6,34)29(16-31)14-13-28(21,22(33)36-29)12-11-26(25,30)5/h17-21,31-32,34H,7-16H2,1-6H3/t17?,18?,19-,20-,21?,24-,25+,26-,27-,28+,29+,30+/m0/s1. The predicted octanol–water partition coefficient (Wildman–Crippen LogP) is 3.98. The lowest BCUT2D eigenvalue weighted by Gasteiger charge is -2.74. The number of fused-ring (bicyclic) bond motifs is 6. The Labute approximate surface area is 215 Å². The summed E-state index contributed by atoms with van der Waals surface area (Å²) < 4.78 is 12.8. The van der Waals surface area contributed by atoms with Gasteiger partial charge in [-0.15, -0.1) is 0 Å². The largest absolute Gasteiger partial charge is 0.453 e. The van der Waals surface area contributed by atoms with Gasteiger partial charge in [-0.05, 0) is 92.8 Å². The second-order valence-corrected chi connectivity index (χ2v) is 15.7. The molecule has 6 heteroatoms. The van der Waals surface area contributed by atoms with E-state index in [1.54, 1.807) is 0 Å². The van der Waals surface area contributed by atoms with Crippen LogP contribution in [-0.4, -0.2) is 56.9 Å². The van der Waals surface area contributed by atoms with Gasteiger partial charge >= 0.3 is 5.97 Å².